The number of rotatable bonds is 5. The number of aliphatic hydroxyl groups excluding tert-OH is 1. The second-order valence-corrected chi connectivity index (χ2v) is 8.96. The van der Waals surface area contributed by atoms with Gasteiger partial charge >= 0.3 is 0 Å². The van der Waals surface area contributed by atoms with Crippen molar-refractivity contribution in [1.29, 1.82) is 0 Å². The number of hydrogen-bond donors (Lipinski definition) is 1. The minimum atomic E-state index is -0.672. The van der Waals surface area contributed by atoms with Gasteiger partial charge in [0.1, 0.15) is 17.6 Å². The van der Waals surface area contributed by atoms with Gasteiger partial charge in [-0.05, 0) is 53.8 Å². The van der Waals surface area contributed by atoms with Crippen LogP contribution in [-0.2, 0) is 29.0 Å². The van der Waals surface area contributed by atoms with E-state index in [1.165, 1.54) is 0 Å². The molecule has 0 aliphatic carbocycles. The highest BCUT2D eigenvalue weighted by molar-refractivity contribution is 6.46. The summed E-state index contributed by atoms with van der Waals surface area (Å²) in [5.74, 6) is -0.627. The Hall–Kier alpha value is -3.86. The van der Waals surface area contributed by atoms with E-state index in [1.54, 1.807) is 11.0 Å². The molecule has 2 atom stereocenters. The molecule has 5 heteroatoms. The normalized spacial score (nSPS) is 20.9. The zero-order valence-electron chi connectivity index (χ0n) is 19.3. The highest BCUT2D eigenvalue weighted by atomic mass is 16.5. The lowest BCUT2D eigenvalue weighted by molar-refractivity contribution is -0.140. The first-order chi connectivity index (χ1) is 16.5. The number of carbonyl (C=O) groups is 2. The fourth-order valence-corrected chi connectivity index (χ4v) is 4.83. The molecule has 1 fully saturated rings. The molecule has 2 heterocycles. The molecule has 172 valence electrons. The van der Waals surface area contributed by atoms with Gasteiger partial charge < -0.3 is 14.7 Å². The van der Waals surface area contributed by atoms with Gasteiger partial charge in [-0.3, -0.25) is 9.59 Å². The van der Waals surface area contributed by atoms with E-state index >= 15 is 0 Å². The number of fused-ring (bicyclic) bond motifs is 1. The average Bonchev–Trinajstić information content (AvgIpc) is 3.35. The van der Waals surface area contributed by atoms with Crippen LogP contribution in [0.15, 0.2) is 78.4 Å². The number of amides is 1. The molecule has 1 saturated heterocycles. The van der Waals surface area contributed by atoms with Crippen LogP contribution in [0.4, 0.5) is 0 Å². The summed E-state index contributed by atoms with van der Waals surface area (Å²) in [5.41, 5.74) is 4.51. The molecule has 0 aromatic heterocycles. The molecule has 2 aliphatic rings. The molecular formula is C29H27NO4. The second kappa shape index (κ2) is 8.82. The topological polar surface area (TPSA) is 66.8 Å². The summed E-state index contributed by atoms with van der Waals surface area (Å²) in [6.07, 6.45) is 1.70. The van der Waals surface area contributed by atoms with Crippen LogP contribution in [0.25, 0.3) is 5.76 Å². The van der Waals surface area contributed by atoms with Gasteiger partial charge in [0.2, 0.25) is 0 Å². The van der Waals surface area contributed by atoms with Crippen LogP contribution in [0.2, 0.25) is 0 Å². The lowest BCUT2D eigenvalue weighted by Crippen LogP contribution is -2.29. The van der Waals surface area contributed by atoms with E-state index in [9.17, 15) is 14.7 Å². The average molecular weight is 454 g/mol. The largest absolute Gasteiger partial charge is 0.507 e. The Morgan fingerprint density at radius 2 is 1.74 bits per heavy atom. The summed E-state index contributed by atoms with van der Waals surface area (Å²) in [6.45, 7) is 4.35. The predicted octanol–water partition coefficient (Wildman–Crippen LogP) is 5.19. The lowest BCUT2D eigenvalue weighted by Gasteiger charge is -2.25. The molecule has 1 amide bonds. The summed E-state index contributed by atoms with van der Waals surface area (Å²) < 4.78 is 5.77. The Morgan fingerprint density at radius 3 is 2.44 bits per heavy atom. The molecule has 0 spiro atoms. The van der Waals surface area contributed by atoms with E-state index in [0.717, 1.165) is 40.8 Å². The molecule has 0 bridgehead atoms. The molecular weight excluding hydrogens is 426 g/mol. The third-order valence-corrected chi connectivity index (χ3v) is 6.61. The number of likely N-dealkylation sites (tertiary alicyclic amines) is 1. The second-order valence-electron chi connectivity index (χ2n) is 8.96. The summed E-state index contributed by atoms with van der Waals surface area (Å²) >= 11 is 0. The van der Waals surface area contributed by atoms with Crippen molar-refractivity contribution < 1.29 is 19.4 Å². The van der Waals surface area contributed by atoms with Crippen molar-refractivity contribution in [3.05, 3.63) is 106 Å². The maximum atomic E-state index is 13.3. The number of hydrogen-bond acceptors (Lipinski definition) is 4. The Labute approximate surface area is 199 Å². The highest BCUT2D eigenvalue weighted by Gasteiger charge is 2.46. The van der Waals surface area contributed by atoms with E-state index in [1.807, 2.05) is 73.7 Å². The third-order valence-electron chi connectivity index (χ3n) is 6.61. The van der Waals surface area contributed by atoms with Crippen molar-refractivity contribution >= 4 is 17.4 Å². The molecule has 5 nitrogen and oxygen atoms in total. The van der Waals surface area contributed by atoms with Crippen LogP contribution < -0.4 is 4.74 Å². The van der Waals surface area contributed by atoms with Gasteiger partial charge in [0.25, 0.3) is 11.7 Å². The van der Waals surface area contributed by atoms with Gasteiger partial charge in [-0.15, -0.1) is 0 Å². The van der Waals surface area contributed by atoms with E-state index < -0.39 is 17.7 Å². The minimum absolute atomic E-state index is 0.0703. The molecule has 0 saturated carbocycles. The Balaban J connectivity index is 1.62. The van der Waals surface area contributed by atoms with Crippen molar-refractivity contribution in [2.75, 3.05) is 0 Å². The minimum Gasteiger partial charge on any atom is -0.507 e. The first-order valence-electron chi connectivity index (χ1n) is 11.7. The summed E-state index contributed by atoms with van der Waals surface area (Å²) in [5, 5.41) is 11.4. The van der Waals surface area contributed by atoms with Crippen LogP contribution in [0.5, 0.6) is 5.75 Å². The van der Waals surface area contributed by atoms with Crippen LogP contribution in [-0.4, -0.2) is 27.8 Å². The molecule has 0 radical (unpaired) electrons. The van der Waals surface area contributed by atoms with E-state index in [4.69, 9.17) is 4.74 Å². The van der Waals surface area contributed by atoms with Crippen molar-refractivity contribution in [3.8, 4) is 5.75 Å². The molecule has 3 aromatic carbocycles. The molecule has 3 aromatic rings. The molecule has 34 heavy (non-hydrogen) atoms. The van der Waals surface area contributed by atoms with E-state index in [-0.39, 0.29) is 24.0 Å². The quantitative estimate of drug-likeness (QED) is 0.328. The fraction of sp³-hybridized carbons (Fsp3) is 0.241. The number of ketones is 1. The van der Waals surface area contributed by atoms with Crippen LogP contribution in [0, 0.1) is 0 Å². The molecule has 5 rings (SSSR count). The SMILES string of the molecule is CCc1ccc([C@@H]2/C(=C(\O)c3ccc4c(c3)C[C@@H](C)O4)C(=O)C(=O)N2Cc2ccccc2)cc1. The van der Waals surface area contributed by atoms with Gasteiger partial charge in [-0.2, -0.15) is 0 Å². The van der Waals surface area contributed by atoms with Crippen molar-refractivity contribution in [3.63, 3.8) is 0 Å². The Bertz CT molecular complexity index is 1280. The fourth-order valence-electron chi connectivity index (χ4n) is 4.83. The number of carbonyl (C=O) groups excluding carboxylic acids is 2. The number of Topliss-reactive ketones (excluding diaryl/α,β-unsaturated/α-hetero) is 1. The van der Waals surface area contributed by atoms with Crippen molar-refractivity contribution in [1.82, 2.24) is 4.90 Å². The first-order valence-corrected chi connectivity index (χ1v) is 11.7. The summed E-state index contributed by atoms with van der Waals surface area (Å²) in [6, 6.07) is 22.2. The summed E-state index contributed by atoms with van der Waals surface area (Å²) in [7, 11) is 0. The maximum Gasteiger partial charge on any atom is 0.295 e. The van der Waals surface area contributed by atoms with Gasteiger partial charge in [-0.1, -0.05) is 61.5 Å². The number of nitrogens with zero attached hydrogens (tertiary/aromatic N) is 1. The van der Waals surface area contributed by atoms with Crippen LogP contribution >= 0.6 is 0 Å². The Morgan fingerprint density at radius 1 is 1.00 bits per heavy atom. The standard InChI is InChI=1S/C29H27NO4/c1-3-19-9-11-21(12-10-19)26-25(27(31)22-13-14-24-23(16-22)15-18(2)34-24)28(32)29(33)30(26)17-20-7-5-4-6-8-20/h4-14,16,18,26,31H,3,15,17H2,1-2H3/b27-25+/t18-,26-/m1/s1. The first kappa shape index (κ1) is 22.0. The zero-order valence-corrected chi connectivity index (χ0v) is 19.3. The predicted molar refractivity (Wildman–Crippen MR) is 130 cm³/mol. The van der Waals surface area contributed by atoms with E-state index in [2.05, 4.69) is 6.92 Å². The van der Waals surface area contributed by atoms with Gasteiger partial charge in [-0.25, -0.2) is 0 Å². The number of aliphatic hydroxyl groups is 1. The van der Waals surface area contributed by atoms with Crippen molar-refractivity contribution in [2.45, 2.75) is 45.4 Å². The van der Waals surface area contributed by atoms with Gasteiger partial charge in [0.05, 0.1) is 11.6 Å². The van der Waals surface area contributed by atoms with E-state index in [0.29, 0.717) is 5.56 Å². The number of ether oxygens (including phenoxy) is 1. The molecule has 0 unspecified atom stereocenters. The van der Waals surface area contributed by atoms with Gasteiger partial charge in [0, 0.05) is 18.5 Å². The molecule has 1 N–H and O–H groups in total. The summed E-state index contributed by atoms with van der Waals surface area (Å²) in [4.78, 5) is 28.0. The van der Waals surface area contributed by atoms with Crippen LogP contribution in [0.1, 0.15) is 47.7 Å². The third kappa shape index (κ3) is 3.87. The molecule has 2 aliphatic heterocycles. The lowest BCUT2D eigenvalue weighted by atomic mass is 9.93. The number of benzene rings is 3. The smallest absolute Gasteiger partial charge is 0.295 e. The monoisotopic (exact) mass is 453 g/mol. The van der Waals surface area contributed by atoms with Crippen LogP contribution in [0.3, 0.4) is 0 Å². The van der Waals surface area contributed by atoms with Crippen molar-refractivity contribution in [2.24, 2.45) is 0 Å². The Kier molecular flexibility index (Phi) is 5.70. The highest BCUT2D eigenvalue weighted by Crippen LogP contribution is 2.41. The number of aryl methyl sites for hydroxylation is 1. The van der Waals surface area contributed by atoms with Gasteiger partial charge in [0.15, 0.2) is 0 Å². The zero-order chi connectivity index (χ0) is 23.8. The maximum absolute atomic E-state index is 13.3.